The number of ketones is 1. The van der Waals surface area contributed by atoms with Gasteiger partial charge in [0.1, 0.15) is 12.0 Å². The van der Waals surface area contributed by atoms with Crippen molar-refractivity contribution in [2.75, 3.05) is 12.3 Å². The van der Waals surface area contributed by atoms with E-state index in [0.29, 0.717) is 0 Å². The van der Waals surface area contributed by atoms with Crippen LogP contribution in [0.5, 0.6) is 0 Å². The monoisotopic (exact) mass is 322 g/mol. The second-order valence-electron chi connectivity index (χ2n) is 5.54. The highest BCUT2D eigenvalue weighted by atomic mass is 32.2. The summed E-state index contributed by atoms with van der Waals surface area (Å²) in [4.78, 5) is 24.4. The Hall–Kier alpha value is -1.53. The lowest BCUT2D eigenvalue weighted by molar-refractivity contribution is -0.121. The molecule has 0 aromatic heterocycles. The van der Waals surface area contributed by atoms with E-state index < -0.39 is 12.1 Å². The van der Waals surface area contributed by atoms with E-state index in [-0.39, 0.29) is 23.7 Å². The zero-order valence-electron chi connectivity index (χ0n) is 12.9. The summed E-state index contributed by atoms with van der Waals surface area (Å²) in [6.07, 6.45) is -0.557. The second-order valence-corrected chi connectivity index (χ2v) is 6.75. The number of hydrogen-bond donors (Lipinski definition) is 2. The minimum atomic E-state index is -0.557. The van der Waals surface area contributed by atoms with Crippen LogP contribution in [0.15, 0.2) is 30.3 Å². The number of thioether (sulfide) groups is 1. The molecule has 1 amide bonds. The van der Waals surface area contributed by atoms with Crippen LogP contribution in [0, 0.1) is 5.92 Å². The average molecular weight is 322 g/mol. The van der Waals surface area contributed by atoms with Crippen molar-refractivity contribution in [2.45, 2.75) is 31.9 Å². The molecule has 1 aliphatic heterocycles. The van der Waals surface area contributed by atoms with Gasteiger partial charge in [0.05, 0.1) is 6.04 Å². The zero-order valence-corrected chi connectivity index (χ0v) is 13.7. The summed E-state index contributed by atoms with van der Waals surface area (Å²) in [5.41, 5.74) is 0.915. The Kier molecular flexibility index (Phi) is 6.27. The van der Waals surface area contributed by atoms with Crippen LogP contribution in [0.4, 0.5) is 4.79 Å². The highest BCUT2D eigenvalue weighted by Gasteiger charge is 2.32. The number of alkyl carbamates (subject to hydrolysis) is 1. The highest BCUT2D eigenvalue weighted by molar-refractivity contribution is 8.00. The molecule has 0 spiro atoms. The zero-order chi connectivity index (χ0) is 15.9. The van der Waals surface area contributed by atoms with E-state index in [2.05, 4.69) is 10.6 Å². The van der Waals surface area contributed by atoms with E-state index in [1.165, 1.54) is 0 Å². The molecule has 0 bridgehead atoms. The van der Waals surface area contributed by atoms with Gasteiger partial charge in [0.25, 0.3) is 0 Å². The van der Waals surface area contributed by atoms with Crippen molar-refractivity contribution in [2.24, 2.45) is 5.92 Å². The number of amides is 1. The first kappa shape index (κ1) is 16.8. The Morgan fingerprint density at radius 1 is 1.36 bits per heavy atom. The molecule has 2 N–H and O–H groups in total. The topological polar surface area (TPSA) is 67.4 Å². The third-order valence-electron chi connectivity index (χ3n) is 3.43. The average Bonchev–Trinajstić information content (AvgIpc) is 3.05. The largest absolute Gasteiger partial charge is 0.445 e. The number of rotatable bonds is 6. The van der Waals surface area contributed by atoms with E-state index in [0.717, 1.165) is 17.9 Å². The lowest BCUT2D eigenvalue weighted by atomic mass is 10.00. The van der Waals surface area contributed by atoms with E-state index >= 15 is 0 Å². The maximum Gasteiger partial charge on any atom is 0.408 e. The first-order valence-corrected chi connectivity index (χ1v) is 8.48. The van der Waals surface area contributed by atoms with E-state index in [1.807, 2.05) is 44.2 Å². The molecule has 6 heteroatoms. The lowest BCUT2D eigenvalue weighted by Crippen LogP contribution is -2.50. The molecule has 0 aliphatic carbocycles. The fourth-order valence-corrected chi connectivity index (χ4v) is 3.25. The fraction of sp³-hybridized carbons (Fsp3) is 0.500. The summed E-state index contributed by atoms with van der Waals surface area (Å²) in [5.74, 6) is 0.939. The third kappa shape index (κ3) is 4.74. The molecule has 0 radical (unpaired) electrons. The van der Waals surface area contributed by atoms with Gasteiger partial charge in [-0.05, 0) is 11.5 Å². The fourth-order valence-electron chi connectivity index (χ4n) is 2.23. The molecule has 1 aromatic rings. The first-order valence-electron chi connectivity index (χ1n) is 7.44. The van der Waals surface area contributed by atoms with Gasteiger partial charge in [0.2, 0.25) is 0 Å². The maximum absolute atomic E-state index is 12.4. The molecule has 2 rings (SSSR count). The molecule has 22 heavy (non-hydrogen) atoms. The van der Waals surface area contributed by atoms with Gasteiger partial charge in [-0.25, -0.2) is 4.79 Å². The number of carbonyl (C=O) groups is 2. The number of Topliss-reactive ketones (excluding diaryl/α,β-unsaturated/α-hetero) is 1. The summed E-state index contributed by atoms with van der Waals surface area (Å²) in [5, 5.41) is 5.61. The number of hydrogen-bond acceptors (Lipinski definition) is 5. The normalized spacial score (nSPS) is 19.0. The standard InChI is InChI=1S/C16H22N2O3S/c1-11(2)13(14(19)15-17-8-9-22-15)18-16(20)21-10-12-6-4-3-5-7-12/h3-7,11,13,15,17H,8-10H2,1-2H3,(H,18,20)/t13-,15?/m0/s1. The van der Waals surface area contributed by atoms with Crippen LogP contribution >= 0.6 is 11.8 Å². The Balaban J connectivity index is 1.87. The molecule has 1 unspecified atom stereocenters. The highest BCUT2D eigenvalue weighted by Crippen LogP contribution is 2.18. The van der Waals surface area contributed by atoms with Crippen molar-refractivity contribution in [3.63, 3.8) is 0 Å². The van der Waals surface area contributed by atoms with E-state index in [9.17, 15) is 9.59 Å². The molecule has 1 saturated heterocycles. The minimum Gasteiger partial charge on any atom is -0.445 e. The van der Waals surface area contributed by atoms with Gasteiger partial charge in [0.15, 0.2) is 5.78 Å². The molecule has 1 aromatic carbocycles. The molecule has 1 aliphatic rings. The SMILES string of the molecule is CC(C)[C@H](NC(=O)OCc1ccccc1)C(=O)C1NCCS1. The number of ether oxygens (including phenoxy) is 1. The molecular weight excluding hydrogens is 300 g/mol. The minimum absolute atomic E-state index is 0.00848. The van der Waals surface area contributed by atoms with Crippen molar-refractivity contribution in [1.29, 1.82) is 0 Å². The van der Waals surface area contributed by atoms with Crippen molar-refractivity contribution < 1.29 is 14.3 Å². The van der Waals surface area contributed by atoms with Gasteiger partial charge in [0, 0.05) is 12.3 Å². The van der Waals surface area contributed by atoms with Crippen molar-refractivity contribution in [1.82, 2.24) is 10.6 Å². The Bertz CT molecular complexity index is 501. The third-order valence-corrected chi connectivity index (χ3v) is 4.61. The Labute approximate surface area is 135 Å². The first-order chi connectivity index (χ1) is 10.6. The van der Waals surface area contributed by atoms with Gasteiger partial charge >= 0.3 is 6.09 Å². The van der Waals surface area contributed by atoms with Crippen LogP contribution in [0.3, 0.4) is 0 Å². The molecule has 2 atom stereocenters. The summed E-state index contributed by atoms with van der Waals surface area (Å²) < 4.78 is 5.19. The van der Waals surface area contributed by atoms with Gasteiger partial charge < -0.3 is 10.1 Å². The van der Waals surface area contributed by atoms with Gasteiger partial charge in [-0.1, -0.05) is 44.2 Å². The van der Waals surface area contributed by atoms with Gasteiger partial charge in [-0.3, -0.25) is 10.1 Å². The van der Waals surface area contributed by atoms with Gasteiger partial charge in [-0.15, -0.1) is 11.8 Å². The molecular formula is C16H22N2O3S. The van der Waals surface area contributed by atoms with E-state index in [1.54, 1.807) is 11.8 Å². The van der Waals surface area contributed by atoms with Crippen molar-refractivity contribution in [3.05, 3.63) is 35.9 Å². The van der Waals surface area contributed by atoms with Crippen LogP contribution < -0.4 is 10.6 Å². The second kappa shape index (κ2) is 8.19. The van der Waals surface area contributed by atoms with Crippen molar-refractivity contribution >= 4 is 23.6 Å². The number of nitrogens with one attached hydrogen (secondary N) is 2. The molecule has 120 valence electrons. The van der Waals surface area contributed by atoms with Crippen molar-refractivity contribution in [3.8, 4) is 0 Å². The number of benzene rings is 1. The summed E-state index contributed by atoms with van der Waals surface area (Å²) in [6.45, 7) is 4.85. The van der Waals surface area contributed by atoms with Crippen LogP contribution in [-0.2, 0) is 16.1 Å². The lowest BCUT2D eigenvalue weighted by Gasteiger charge is -2.23. The Morgan fingerprint density at radius 2 is 2.09 bits per heavy atom. The van der Waals surface area contributed by atoms with Crippen LogP contribution in [0.1, 0.15) is 19.4 Å². The molecule has 1 fully saturated rings. The Morgan fingerprint density at radius 3 is 2.68 bits per heavy atom. The molecule has 5 nitrogen and oxygen atoms in total. The van der Waals surface area contributed by atoms with Crippen LogP contribution in [-0.4, -0.2) is 35.6 Å². The maximum atomic E-state index is 12.4. The summed E-state index contributed by atoms with van der Waals surface area (Å²) in [6, 6.07) is 8.92. The van der Waals surface area contributed by atoms with Gasteiger partial charge in [-0.2, -0.15) is 0 Å². The summed E-state index contributed by atoms with van der Waals surface area (Å²) in [7, 11) is 0. The predicted molar refractivity (Wildman–Crippen MR) is 87.6 cm³/mol. The van der Waals surface area contributed by atoms with E-state index in [4.69, 9.17) is 4.74 Å². The van der Waals surface area contributed by atoms with Crippen LogP contribution in [0.2, 0.25) is 0 Å². The number of carbonyl (C=O) groups excluding carboxylic acids is 2. The smallest absolute Gasteiger partial charge is 0.408 e. The quantitative estimate of drug-likeness (QED) is 0.840. The summed E-state index contributed by atoms with van der Waals surface area (Å²) >= 11 is 1.58. The predicted octanol–water partition coefficient (Wildman–Crippen LogP) is 2.17. The molecule has 0 saturated carbocycles. The molecule has 1 heterocycles. The van der Waals surface area contributed by atoms with Crippen LogP contribution in [0.25, 0.3) is 0 Å².